The second-order valence-corrected chi connectivity index (χ2v) is 12.2. The molecule has 2 atom stereocenters. The van der Waals surface area contributed by atoms with E-state index in [0.29, 0.717) is 66.3 Å². The Labute approximate surface area is 254 Å². The zero-order valence-electron chi connectivity index (χ0n) is 23.6. The Bertz CT molecular complexity index is 1640. The number of pyridine rings is 1. The van der Waals surface area contributed by atoms with Crippen LogP contribution in [0, 0.1) is 39.8 Å². The van der Waals surface area contributed by atoms with Crippen molar-refractivity contribution in [2.24, 2.45) is 11.3 Å². The van der Waals surface area contributed by atoms with Gasteiger partial charge in [0.15, 0.2) is 5.72 Å². The lowest BCUT2D eigenvalue weighted by atomic mass is 9.77. The van der Waals surface area contributed by atoms with Crippen LogP contribution >= 0.6 is 11.6 Å². The summed E-state index contributed by atoms with van der Waals surface area (Å²) in [7, 11) is 0. The van der Waals surface area contributed by atoms with Crippen molar-refractivity contribution >= 4 is 17.5 Å². The summed E-state index contributed by atoms with van der Waals surface area (Å²) in [4.78, 5) is 20.2. The molecule has 3 aliphatic rings. The van der Waals surface area contributed by atoms with Gasteiger partial charge in [-0.05, 0) is 80.5 Å². The number of carbonyl (C=O) groups excluding carboxylic acids is 1. The topological polar surface area (TPSA) is 119 Å². The number of nitrogens with zero attached hydrogens (tertiary/aromatic N) is 4. The monoisotopic (exact) mass is 600 g/mol. The second-order valence-electron chi connectivity index (χ2n) is 11.8. The van der Waals surface area contributed by atoms with Crippen LogP contribution in [0.5, 0.6) is 0 Å². The first-order valence-electron chi connectivity index (χ1n) is 14.3. The Morgan fingerprint density at radius 1 is 1.19 bits per heavy atom. The number of aromatic nitrogens is 1. The molecule has 2 aromatic carbocycles. The third kappa shape index (κ3) is 5.07. The zero-order chi connectivity index (χ0) is 30.4. The standard InChI is InChI=1S/C33H30ClFN4O4/c1-31(41,22-8-12-42-13-9-22)24-14-27-29(28(35)15-24)33(23-3-5-25(34)6-4-23,43-20-32(19-37)10-11-32)39(30(27)40)18-26-7-2-21(16-36)17-38-26/h2-7,14-15,17,22,41H,8-13,18,20H2,1H3/t31?,33-/m1/s1. The van der Waals surface area contributed by atoms with E-state index < -0.39 is 28.5 Å². The molecule has 1 aromatic heterocycles. The summed E-state index contributed by atoms with van der Waals surface area (Å²) in [5.74, 6) is -1.40. The van der Waals surface area contributed by atoms with Gasteiger partial charge in [0.1, 0.15) is 11.9 Å². The SMILES string of the molecule is CC(O)(c1cc(F)c2c(c1)C(=O)N(Cc1ccc(C#N)cn1)[C@@]2(OCC1(C#N)CC1)c1ccc(Cl)cc1)C1CCOCC1. The molecule has 1 aliphatic carbocycles. The van der Waals surface area contributed by atoms with Gasteiger partial charge in [-0.1, -0.05) is 23.7 Å². The molecule has 1 saturated heterocycles. The van der Waals surface area contributed by atoms with E-state index in [1.54, 1.807) is 49.4 Å². The predicted octanol–water partition coefficient (Wildman–Crippen LogP) is 5.56. The molecular weight excluding hydrogens is 571 g/mol. The lowest BCUT2D eigenvalue weighted by Crippen LogP contribution is -2.48. The summed E-state index contributed by atoms with van der Waals surface area (Å²) >= 11 is 6.23. The van der Waals surface area contributed by atoms with Crippen LogP contribution in [0.15, 0.2) is 54.7 Å². The van der Waals surface area contributed by atoms with E-state index in [-0.39, 0.29) is 30.2 Å². The third-order valence-electron chi connectivity index (χ3n) is 9.04. The minimum absolute atomic E-state index is 0.00809. The van der Waals surface area contributed by atoms with E-state index in [0.717, 1.165) is 0 Å². The molecule has 6 rings (SSSR count). The van der Waals surface area contributed by atoms with Crippen LogP contribution in [0.25, 0.3) is 0 Å². The molecule has 2 fully saturated rings. The zero-order valence-corrected chi connectivity index (χ0v) is 24.4. The van der Waals surface area contributed by atoms with Crippen LogP contribution in [0.1, 0.15) is 70.9 Å². The molecule has 220 valence electrons. The van der Waals surface area contributed by atoms with Gasteiger partial charge in [0.05, 0.1) is 52.6 Å². The highest BCUT2D eigenvalue weighted by atomic mass is 35.5. The molecule has 2 aliphatic heterocycles. The van der Waals surface area contributed by atoms with Crippen LogP contribution in [0.4, 0.5) is 4.39 Å². The first kappa shape index (κ1) is 29.2. The third-order valence-corrected chi connectivity index (χ3v) is 9.29. The van der Waals surface area contributed by atoms with E-state index in [4.69, 9.17) is 21.1 Å². The average Bonchev–Trinajstić information content (AvgIpc) is 3.77. The molecule has 1 unspecified atom stereocenters. The number of rotatable bonds is 8. The van der Waals surface area contributed by atoms with E-state index in [2.05, 4.69) is 11.1 Å². The number of benzene rings is 2. The summed E-state index contributed by atoms with van der Waals surface area (Å²) in [6.07, 6.45) is 3.88. The van der Waals surface area contributed by atoms with Crippen molar-refractivity contribution in [1.29, 1.82) is 10.5 Å². The van der Waals surface area contributed by atoms with E-state index in [1.807, 2.05) is 6.07 Å². The lowest BCUT2D eigenvalue weighted by Gasteiger charge is -2.40. The molecule has 43 heavy (non-hydrogen) atoms. The molecule has 8 nitrogen and oxygen atoms in total. The molecule has 1 saturated carbocycles. The minimum atomic E-state index is -1.76. The predicted molar refractivity (Wildman–Crippen MR) is 154 cm³/mol. The number of amides is 1. The van der Waals surface area contributed by atoms with Gasteiger partial charge in [0, 0.05) is 30.0 Å². The van der Waals surface area contributed by atoms with Crippen molar-refractivity contribution in [3.63, 3.8) is 0 Å². The van der Waals surface area contributed by atoms with Crippen LogP contribution in [-0.4, -0.2) is 40.7 Å². The van der Waals surface area contributed by atoms with E-state index in [9.17, 15) is 20.4 Å². The number of carbonyl (C=O) groups is 1. The number of nitriles is 2. The van der Waals surface area contributed by atoms with Gasteiger partial charge in [0.25, 0.3) is 5.91 Å². The summed E-state index contributed by atoms with van der Waals surface area (Å²) in [6.45, 7) is 2.53. The van der Waals surface area contributed by atoms with Crippen LogP contribution in [0.2, 0.25) is 5.02 Å². The van der Waals surface area contributed by atoms with Crippen molar-refractivity contribution in [2.75, 3.05) is 19.8 Å². The maximum Gasteiger partial charge on any atom is 0.257 e. The van der Waals surface area contributed by atoms with Crippen LogP contribution in [-0.2, 0) is 27.3 Å². The number of ether oxygens (including phenoxy) is 2. The molecule has 0 spiro atoms. The fourth-order valence-corrected chi connectivity index (χ4v) is 6.28. The minimum Gasteiger partial charge on any atom is -0.385 e. The summed E-state index contributed by atoms with van der Waals surface area (Å²) in [5, 5.41) is 31.2. The molecule has 0 radical (unpaired) electrons. The van der Waals surface area contributed by atoms with Gasteiger partial charge in [-0.15, -0.1) is 0 Å². The quantitative estimate of drug-likeness (QED) is 0.360. The fraction of sp³-hybridized carbons (Fsp3) is 0.394. The molecule has 3 aromatic rings. The highest BCUT2D eigenvalue weighted by molar-refractivity contribution is 6.30. The number of fused-ring (bicyclic) bond motifs is 1. The summed E-state index contributed by atoms with van der Waals surface area (Å²) in [6, 6.07) is 17.1. The fourth-order valence-electron chi connectivity index (χ4n) is 6.15. The maximum atomic E-state index is 16.7. The van der Waals surface area contributed by atoms with E-state index >= 15 is 4.39 Å². The molecular formula is C33H30ClFN4O4. The Morgan fingerprint density at radius 2 is 1.91 bits per heavy atom. The average molecular weight is 601 g/mol. The van der Waals surface area contributed by atoms with Gasteiger partial charge in [-0.25, -0.2) is 4.39 Å². The Hall–Kier alpha value is -3.86. The molecule has 1 amide bonds. The van der Waals surface area contributed by atoms with Gasteiger partial charge < -0.3 is 14.6 Å². The highest BCUT2D eigenvalue weighted by Crippen LogP contribution is 2.52. The molecule has 10 heteroatoms. The number of hydrogen-bond acceptors (Lipinski definition) is 7. The first-order chi connectivity index (χ1) is 20.6. The second kappa shape index (κ2) is 11.0. The summed E-state index contributed by atoms with van der Waals surface area (Å²) in [5.41, 5.74) is -2.27. The smallest absolute Gasteiger partial charge is 0.257 e. The number of aliphatic hydroxyl groups is 1. The first-order valence-corrected chi connectivity index (χ1v) is 14.6. The van der Waals surface area contributed by atoms with Crippen LogP contribution in [0.3, 0.4) is 0 Å². The highest BCUT2D eigenvalue weighted by Gasteiger charge is 2.57. The van der Waals surface area contributed by atoms with Crippen molar-refractivity contribution in [3.05, 3.63) is 99.1 Å². The van der Waals surface area contributed by atoms with Crippen molar-refractivity contribution in [3.8, 4) is 12.1 Å². The lowest BCUT2D eigenvalue weighted by molar-refractivity contribution is -0.122. The van der Waals surface area contributed by atoms with Gasteiger partial charge in [0.2, 0.25) is 0 Å². The van der Waals surface area contributed by atoms with Crippen molar-refractivity contribution in [2.45, 2.75) is 50.5 Å². The number of hydrogen-bond donors (Lipinski definition) is 1. The van der Waals surface area contributed by atoms with E-state index in [1.165, 1.54) is 17.2 Å². The Kier molecular flexibility index (Phi) is 7.48. The Balaban J connectivity index is 1.53. The number of halogens is 2. The normalized spacial score (nSPS) is 22.4. The van der Waals surface area contributed by atoms with Gasteiger partial charge in [-0.3, -0.25) is 14.7 Å². The molecule has 3 heterocycles. The van der Waals surface area contributed by atoms with Gasteiger partial charge >= 0.3 is 0 Å². The van der Waals surface area contributed by atoms with Crippen molar-refractivity contribution < 1.29 is 23.8 Å². The molecule has 0 bridgehead atoms. The van der Waals surface area contributed by atoms with Crippen LogP contribution < -0.4 is 0 Å². The maximum absolute atomic E-state index is 16.7. The largest absolute Gasteiger partial charge is 0.385 e. The summed E-state index contributed by atoms with van der Waals surface area (Å²) < 4.78 is 28.8. The molecule has 1 N–H and O–H groups in total. The van der Waals surface area contributed by atoms with Crippen molar-refractivity contribution in [1.82, 2.24) is 9.88 Å². The Morgan fingerprint density at radius 3 is 2.51 bits per heavy atom. The van der Waals surface area contributed by atoms with Gasteiger partial charge in [-0.2, -0.15) is 10.5 Å².